The van der Waals surface area contributed by atoms with Gasteiger partial charge in [0.2, 0.25) is 0 Å². The molecular formula is C11H12Cl2N2. The van der Waals surface area contributed by atoms with E-state index in [1.807, 2.05) is 19.1 Å². The Morgan fingerprint density at radius 3 is 2.40 bits per heavy atom. The zero-order valence-electron chi connectivity index (χ0n) is 8.40. The summed E-state index contributed by atoms with van der Waals surface area (Å²) >= 11 is 11.8. The molecule has 2 aliphatic rings. The fourth-order valence-electron chi connectivity index (χ4n) is 2.18. The van der Waals surface area contributed by atoms with Crippen molar-refractivity contribution < 1.29 is 0 Å². The smallest absolute Gasteiger partial charge is 0.109 e. The first kappa shape index (κ1) is 9.91. The zero-order chi connectivity index (χ0) is 10.6. The Morgan fingerprint density at radius 2 is 1.87 bits per heavy atom. The molecule has 2 saturated heterocycles. The van der Waals surface area contributed by atoms with Gasteiger partial charge in [-0.2, -0.15) is 10.0 Å². The molecule has 0 amide bonds. The molecule has 2 aliphatic heterocycles. The Hall–Kier alpha value is -0.280. The van der Waals surface area contributed by atoms with Crippen LogP contribution in [0, 0.1) is 0 Å². The fraction of sp³-hybridized carbons (Fsp3) is 0.455. The molecule has 0 aliphatic carbocycles. The van der Waals surface area contributed by atoms with Crippen molar-refractivity contribution in [2.45, 2.75) is 31.1 Å². The molecule has 1 aromatic rings. The van der Waals surface area contributed by atoms with E-state index in [9.17, 15) is 0 Å². The van der Waals surface area contributed by atoms with Crippen molar-refractivity contribution >= 4 is 23.2 Å². The summed E-state index contributed by atoms with van der Waals surface area (Å²) in [5, 5.41) is 5.68. The molecule has 4 heteroatoms. The number of alkyl halides is 1. The van der Waals surface area contributed by atoms with Gasteiger partial charge in [-0.25, -0.2) is 0 Å². The quantitative estimate of drug-likeness (QED) is 0.594. The molecule has 0 radical (unpaired) electrons. The summed E-state index contributed by atoms with van der Waals surface area (Å²) in [5.74, 6) is 0. The van der Waals surface area contributed by atoms with E-state index in [-0.39, 0.29) is 5.38 Å². The van der Waals surface area contributed by atoms with Gasteiger partial charge in [0.25, 0.3) is 0 Å². The molecule has 2 nitrogen and oxygen atoms in total. The van der Waals surface area contributed by atoms with E-state index in [0.29, 0.717) is 12.3 Å². The van der Waals surface area contributed by atoms with E-state index in [0.717, 1.165) is 11.4 Å². The van der Waals surface area contributed by atoms with E-state index in [1.165, 1.54) is 5.56 Å². The lowest BCUT2D eigenvalue weighted by atomic mass is 10.1. The van der Waals surface area contributed by atoms with Gasteiger partial charge in [-0.05, 0) is 24.6 Å². The SMILES string of the molecule is CC(Cl)C1N2C(Cc3ccc(Cl)cc3)N12. The lowest BCUT2D eigenvalue weighted by Gasteiger charge is -2.10. The van der Waals surface area contributed by atoms with Gasteiger partial charge in [0, 0.05) is 11.4 Å². The summed E-state index contributed by atoms with van der Waals surface area (Å²) in [6.07, 6.45) is 2.14. The molecule has 2 fully saturated rings. The molecule has 3 unspecified atom stereocenters. The van der Waals surface area contributed by atoms with Gasteiger partial charge in [-0.15, -0.1) is 11.6 Å². The van der Waals surface area contributed by atoms with Crippen LogP contribution in [0.2, 0.25) is 5.02 Å². The summed E-state index contributed by atoms with van der Waals surface area (Å²) < 4.78 is 0. The third-order valence-corrected chi connectivity index (χ3v) is 3.53. The highest BCUT2D eigenvalue weighted by molar-refractivity contribution is 6.30. The molecule has 0 N–H and O–H groups in total. The van der Waals surface area contributed by atoms with Crippen LogP contribution in [0.5, 0.6) is 0 Å². The first-order valence-corrected chi connectivity index (χ1v) is 5.95. The molecule has 3 atom stereocenters. The fourth-order valence-corrected chi connectivity index (χ4v) is 2.53. The second-order valence-corrected chi connectivity index (χ2v) is 5.29. The molecule has 80 valence electrons. The van der Waals surface area contributed by atoms with Gasteiger partial charge in [0.1, 0.15) is 6.17 Å². The van der Waals surface area contributed by atoms with Crippen molar-refractivity contribution in [2.75, 3.05) is 0 Å². The van der Waals surface area contributed by atoms with Crippen molar-refractivity contribution in [1.82, 2.24) is 10.0 Å². The lowest BCUT2D eigenvalue weighted by Crippen LogP contribution is -2.26. The standard InChI is InChI=1S/C11H12Cl2N2/c1-7(12)11-14-10(15(11)14)6-8-2-4-9(13)5-3-8/h2-5,7,10-11H,6H2,1H3. The minimum atomic E-state index is 0.228. The molecule has 1 aromatic carbocycles. The average molecular weight is 243 g/mol. The van der Waals surface area contributed by atoms with E-state index in [2.05, 4.69) is 22.2 Å². The second-order valence-electron chi connectivity index (χ2n) is 4.16. The van der Waals surface area contributed by atoms with Crippen LogP contribution in [0.15, 0.2) is 24.3 Å². The van der Waals surface area contributed by atoms with Crippen LogP contribution in [-0.2, 0) is 6.42 Å². The number of fused-ring (bicyclic) bond motifs is 1. The van der Waals surface area contributed by atoms with Crippen LogP contribution in [0.4, 0.5) is 0 Å². The highest BCUT2D eigenvalue weighted by atomic mass is 35.5. The lowest BCUT2D eigenvalue weighted by molar-refractivity contribution is 0.447. The van der Waals surface area contributed by atoms with Crippen LogP contribution >= 0.6 is 23.2 Å². The van der Waals surface area contributed by atoms with Gasteiger partial charge in [0.05, 0.1) is 11.5 Å². The molecule has 15 heavy (non-hydrogen) atoms. The van der Waals surface area contributed by atoms with Gasteiger partial charge in [-0.1, -0.05) is 23.7 Å². The molecule has 0 bridgehead atoms. The first-order chi connectivity index (χ1) is 7.18. The Bertz CT molecular complexity index is 367. The summed E-state index contributed by atoms with van der Waals surface area (Å²) in [4.78, 5) is 0. The minimum Gasteiger partial charge on any atom is -0.199 e. The molecule has 0 spiro atoms. The monoisotopic (exact) mass is 242 g/mol. The molecular weight excluding hydrogens is 231 g/mol. The van der Waals surface area contributed by atoms with Crippen molar-refractivity contribution in [3.05, 3.63) is 34.9 Å². The van der Waals surface area contributed by atoms with Crippen LogP contribution in [-0.4, -0.2) is 27.7 Å². The maximum atomic E-state index is 5.99. The number of halogens is 2. The summed E-state index contributed by atoms with van der Waals surface area (Å²) in [6, 6.07) is 8.05. The van der Waals surface area contributed by atoms with Crippen molar-refractivity contribution in [3.8, 4) is 0 Å². The Balaban J connectivity index is 1.56. The van der Waals surface area contributed by atoms with Gasteiger partial charge in [0.15, 0.2) is 0 Å². The molecule has 3 rings (SSSR count). The zero-order valence-corrected chi connectivity index (χ0v) is 9.91. The third-order valence-electron chi connectivity index (χ3n) is 3.05. The van der Waals surface area contributed by atoms with Crippen molar-refractivity contribution in [1.29, 1.82) is 0 Å². The maximum absolute atomic E-state index is 5.99. The van der Waals surface area contributed by atoms with Gasteiger partial charge in [-0.3, -0.25) is 0 Å². The van der Waals surface area contributed by atoms with Crippen LogP contribution in [0.25, 0.3) is 0 Å². The third kappa shape index (κ3) is 1.66. The first-order valence-electron chi connectivity index (χ1n) is 5.13. The highest BCUT2D eigenvalue weighted by Gasteiger charge is 2.70. The van der Waals surface area contributed by atoms with Gasteiger partial charge < -0.3 is 0 Å². The topological polar surface area (TPSA) is 6.02 Å². The largest absolute Gasteiger partial charge is 0.199 e. The predicted octanol–water partition coefficient (Wildman–Crippen LogP) is 2.71. The van der Waals surface area contributed by atoms with E-state index < -0.39 is 0 Å². The van der Waals surface area contributed by atoms with Crippen LogP contribution < -0.4 is 0 Å². The van der Waals surface area contributed by atoms with Crippen LogP contribution in [0.3, 0.4) is 0 Å². The van der Waals surface area contributed by atoms with E-state index in [1.54, 1.807) is 0 Å². The number of hydrogen-bond donors (Lipinski definition) is 0. The molecule has 0 saturated carbocycles. The number of nitrogens with zero attached hydrogens (tertiary/aromatic N) is 2. The number of rotatable bonds is 3. The van der Waals surface area contributed by atoms with Crippen LogP contribution in [0.1, 0.15) is 12.5 Å². The summed E-state index contributed by atoms with van der Waals surface area (Å²) in [6.45, 7) is 2.04. The number of hydrogen-bond acceptors (Lipinski definition) is 2. The highest BCUT2D eigenvalue weighted by Crippen LogP contribution is 2.52. The predicted molar refractivity (Wildman–Crippen MR) is 61.7 cm³/mol. The van der Waals surface area contributed by atoms with E-state index >= 15 is 0 Å². The second kappa shape index (κ2) is 3.36. The normalized spacial score (nSPS) is 38.3. The number of benzene rings is 1. The Labute approximate surface area is 99.3 Å². The summed E-state index contributed by atoms with van der Waals surface area (Å²) in [5.41, 5.74) is 1.33. The number of hydrazine groups is 1. The van der Waals surface area contributed by atoms with Crippen molar-refractivity contribution in [3.63, 3.8) is 0 Å². The average Bonchev–Trinajstić information content (AvgIpc) is 3.04. The van der Waals surface area contributed by atoms with Crippen molar-refractivity contribution in [2.24, 2.45) is 0 Å². The maximum Gasteiger partial charge on any atom is 0.109 e. The molecule has 2 heterocycles. The van der Waals surface area contributed by atoms with Gasteiger partial charge >= 0.3 is 0 Å². The Kier molecular flexibility index (Phi) is 2.22. The van der Waals surface area contributed by atoms with E-state index in [4.69, 9.17) is 23.2 Å². The Morgan fingerprint density at radius 1 is 1.27 bits per heavy atom. The summed E-state index contributed by atoms with van der Waals surface area (Å²) in [7, 11) is 0. The minimum absolute atomic E-state index is 0.228. The molecule has 0 aromatic heterocycles.